The summed E-state index contributed by atoms with van der Waals surface area (Å²) in [4.78, 5) is 31.7. The van der Waals surface area contributed by atoms with Crippen molar-refractivity contribution in [3.05, 3.63) is 87.9 Å². The largest absolute Gasteiger partial charge is 0.507 e. The highest BCUT2D eigenvalue weighted by atomic mass is 35.5. The van der Waals surface area contributed by atoms with Crippen molar-refractivity contribution < 1.29 is 19.4 Å². The molecule has 0 spiro atoms. The molecule has 0 radical (unpaired) electrons. The molecule has 1 aromatic heterocycles. The Labute approximate surface area is 207 Å². The van der Waals surface area contributed by atoms with Gasteiger partial charge in [0.15, 0.2) is 0 Å². The SMILES string of the molecule is CCOc1ccc(/C(O)=C2\C(=O)C(=O)N(CCCn3ccnc3)[C@@H]2c2cccc(Cl)c2)cc1Cl. The number of ketones is 1. The van der Waals surface area contributed by atoms with Crippen molar-refractivity contribution in [2.24, 2.45) is 0 Å². The number of aliphatic hydroxyl groups excluding tert-OH is 1. The van der Waals surface area contributed by atoms with E-state index in [1.165, 1.54) is 11.0 Å². The number of amides is 1. The third kappa shape index (κ3) is 4.81. The molecule has 2 heterocycles. The lowest BCUT2D eigenvalue weighted by atomic mass is 9.95. The molecule has 1 amide bonds. The van der Waals surface area contributed by atoms with Crippen molar-refractivity contribution in [1.82, 2.24) is 14.5 Å². The molecule has 1 saturated heterocycles. The van der Waals surface area contributed by atoms with Gasteiger partial charge in [0.05, 0.1) is 29.6 Å². The molecule has 7 nitrogen and oxygen atoms in total. The first-order valence-electron chi connectivity index (χ1n) is 10.8. The summed E-state index contributed by atoms with van der Waals surface area (Å²) in [5, 5.41) is 11.9. The van der Waals surface area contributed by atoms with E-state index in [-0.39, 0.29) is 11.3 Å². The first-order valence-corrected chi connectivity index (χ1v) is 11.6. The minimum atomic E-state index is -0.785. The highest BCUT2D eigenvalue weighted by Crippen LogP contribution is 2.41. The Hall–Kier alpha value is -3.29. The van der Waals surface area contributed by atoms with E-state index in [1.807, 2.05) is 17.7 Å². The van der Waals surface area contributed by atoms with Crippen LogP contribution in [0.3, 0.4) is 0 Å². The second-order valence-corrected chi connectivity index (χ2v) is 8.62. The number of likely N-dealkylation sites (tertiary alicyclic amines) is 1. The van der Waals surface area contributed by atoms with Gasteiger partial charge >= 0.3 is 0 Å². The number of ether oxygens (including phenoxy) is 1. The average molecular weight is 500 g/mol. The number of aryl methyl sites for hydroxylation is 1. The van der Waals surface area contributed by atoms with Crippen LogP contribution in [0, 0.1) is 0 Å². The summed E-state index contributed by atoms with van der Waals surface area (Å²) < 4.78 is 7.35. The monoisotopic (exact) mass is 499 g/mol. The molecular weight excluding hydrogens is 477 g/mol. The van der Waals surface area contributed by atoms with Crippen LogP contribution in [0.4, 0.5) is 0 Å². The fourth-order valence-electron chi connectivity index (χ4n) is 4.05. The number of aliphatic hydroxyl groups is 1. The fraction of sp³-hybridized carbons (Fsp3) is 0.240. The van der Waals surface area contributed by atoms with Gasteiger partial charge in [0.25, 0.3) is 11.7 Å². The summed E-state index contributed by atoms with van der Waals surface area (Å²) in [6.45, 7) is 3.20. The van der Waals surface area contributed by atoms with Crippen LogP contribution >= 0.6 is 23.2 Å². The highest BCUT2D eigenvalue weighted by Gasteiger charge is 2.45. The van der Waals surface area contributed by atoms with Gasteiger partial charge in [-0.3, -0.25) is 9.59 Å². The lowest BCUT2D eigenvalue weighted by Gasteiger charge is -2.25. The molecule has 1 aliphatic rings. The maximum absolute atomic E-state index is 13.1. The third-order valence-corrected chi connectivity index (χ3v) is 6.11. The second-order valence-electron chi connectivity index (χ2n) is 7.78. The van der Waals surface area contributed by atoms with E-state index >= 15 is 0 Å². The Kier molecular flexibility index (Phi) is 7.24. The van der Waals surface area contributed by atoms with Crippen LogP contribution < -0.4 is 4.74 Å². The van der Waals surface area contributed by atoms with E-state index in [1.54, 1.807) is 48.9 Å². The standard InChI is InChI=1S/C25H23Cl2N3O4/c1-2-34-20-8-7-17(14-19(20)27)23(31)21-22(16-5-3-6-18(26)13-16)30(25(33)24(21)32)11-4-10-29-12-9-28-15-29/h3,5-9,12-15,22,31H,2,4,10-11H2,1H3/b23-21+/t22-/m1/s1. The molecule has 4 rings (SSSR count). The van der Waals surface area contributed by atoms with Gasteiger partial charge in [-0.2, -0.15) is 0 Å². The Morgan fingerprint density at radius 1 is 1.15 bits per heavy atom. The number of Topliss-reactive ketones (excluding diaryl/α,β-unsaturated/α-hetero) is 1. The lowest BCUT2D eigenvalue weighted by molar-refractivity contribution is -0.139. The number of hydrogen-bond acceptors (Lipinski definition) is 5. The van der Waals surface area contributed by atoms with E-state index in [2.05, 4.69) is 4.98 Å². The summed E-state index contributed by atoms with van der Waals surface area (Å²) in [5.41, 5.74) is 0.944. The second kappa shape index (κ2) is 10.3. The zero-order valence-electron chi connectivity index (χ0n) is 18.4. The van der Waals surface area contributed by atoms with E-state index in [4.69, 9.17) is 27.9 Å². The molecule has 34 heavy (non-hydrogen) atoms. The molecular formula is C25H23Cl2N3O4. The minimum Gasteiger partial charge on any atom is -0.507 e. The number of rotatable bonds is 8. The number of aromatic nitrogens is 2. The molecule has 1 atom stereocenters. The lowest BCUT2D eigenvalue weighted by Crippen LogP contribution is -2.31. The van der Waals surface area contributed by atoms with Gasteiger partial charge in [-0.15, -0.1) is 0 Å². The molecule has 1 N–H and O–H groups in total. The topological polar surface area (TPSA) is 84.7 Å². The Balaban J connectivity index is 1.74. The minimum absolute atomic E-state index is 0.00451. The fourth-order valence-corrected chi connectivity index (χ4v) is 4.49. The normalized spacial score (nSPS) is 17.4. The summed E-state index contributed by atoms with van der Waals surface area (Å²) in [6.07, 6.45) is 5.80. The predicted molar refractivity (Wildman–Crippen MR) is 130 cm³/mol. The molecule has 9 heteroatoms. The molecule has 1 aliphatic heterocycles. The van der Waals surface area contributed by atoms with Crippen LogP contribution in [0.1, 0.15) is 30.5 Å². The van der Waals surface area contributed by atoms with Gasteiger partial charge in [0.1, 0.15) is 11.5 Å². The van der Waals surface area contributed by atoms with Crippen LogP contribution in [-0.2, 0) is 16.1 Å². The van der Waals surface area contributed by atoms with Crippen molar-refractivity contribution >= 4 is 40.7 Å². The zero-order valence-corrected chi connectivity index (χ0v) is 20.0. The van der Waals surface area contributed by atoms with Gasteiger partial charge in [0, 0.05) is 36.1 Å². The number of hydrogen-bond donors (Lipinski definition) is 1. The Bertz CT molecular complexity index is 1240. The molecule has 0 aliphatic carbocycles. The molecule has 2 aromatic carbocycles. The van der Waals surface area contributed by atoms with E-state index in [0.717, 1.165) is 0 Å². The predicted octanol–water partition coefficient (Wildman–Crippen LogP) is 5.10. The molecule has 0 bridgehead atoms. The number of carbonyl (C=O) groups is 2. The van der Waals surface area contributed by atoms with Crippen LogP contribution in [0.5, 0.6) is 5.75 Å². The molecule has 3 aromatic rings. The van der Waals surface area contributed by atoms with Crippen molar-refractivity contribution in [2.45, 2.75) is 25.9 Å². The average Bonchev–Trinajstić information content (AvgIpc) is 3.42. The Morgan fingerprint density at radius 2 is 1.97 bits per heavy atom. The van der Waals surface area contributed by atoms with Gasteiger partial charge < -0.3 is 19.3 Å². The van der Waals surface area contributed by atoms with Crippen LogP contribution in [0.25, 0.3) is 5.76 Å². The van der Waals surface area contributed by atoms with E-state index in [0.29, 0.717) is 53.0 Å². The summed E-state index contributed by atoms with van der Waals surface area (Å²) >= 11 is 12.5. The zero-order chi connectivity index (χ0) is 24.2. The summed E-state index contributed by atoms with van der Waals surface area (Å²) in [7, 11) is 0. The van der Waals surface area contributed by atoms with Crippen LogP contribution in [0.2, 0.25) is 10.0 Å². The number of imidazole rings is 1. The number of carbonyl (C=O) groups excluding carboxylic acids is 2. The van der Waals surface area contributed by atoms with Crippen molar-refractivity contribution in [3.8, 4) is 5.75 Å². The van der Waals surface area contributed by atoms with E-state index < -0.39 is 17.7 Å². The molecule has 0 saturated carbocycles. The quantitative estimate of drug-likeness (QED) is 0.264. The van der Waals surface area contributed by atoms with Crippen molar-refractivity contribution in [2.75, 3.05) is 13.2 Å². The first-order chi connectivity index (χ1) is 16.4. The smallest absolute Gasteiger partial charge is 0.295 e. The summed E-state index contributed by atoms with van der Waals surface area (Å²) in [5.74, 6) is -1.26. The maximum atomic E-state index is 13.1. The third-order valence-electron chi connectivity index (χ3n) is 5.58. The number of nitrogens with zero attached hydrogens (tertiary/aromatic N) is 3. The van der Waals surface area contributed by atoms with Gasteiger partial charge in [-0.25, -0.2) is 4.98 Å². The molecule has 176 valence electrons. The maximum Gasteiger partial charge on any atom is 0.295 e. The van der Waals surface area contributed by atoms with Crippen LogP contribution in [0.15, 0.2) is 66.8 Å². The summed E-state index contributed by atoms with van der Waals surface area (Å²) in [6, 6.07) is 10.9. The van der Waals surface area contributed by atoms with Gasteiger partial charge in [-0.05, 0) is 49.2 Å². The molecule has 0 unspecified atom stereocenters. The van der Waals surface area contributed by atoms with Crippen molar-refractivity contribution in [1.29, 1.82) is 0 Å². The van der Waals surface area contributed by atoms with Crippen LogP contribution in [-0.4, -0.2) is 44.4 Å². The highest BCUT2D eigenvalue weighted by molar-refractivity contribution is 6.46. The molecule has 1 fully saturated rings. The number of benzene rings is 2. The Morgan fingerprint density at radius 3 is 2.65 bits per heavy atom. The van der Waals surface area contributed by atoms with Gasteiger partial charge in [0.2, 0.25) is 0 Å². The van der Waals surface area contributed by atoms with Gasteiger partial charge in [-0.1, -0.05) is 35.3 Å². The first kappa shape index (κ1) is 23.9. The number of halogens is 2. The van der Waals surface area contributed by atoms with E-state index in [9.17, 15) is 14.7 Å². The van der Waals surface area contributed by atoms with Crippen molar-refractivity contribution in [3.63, 3.8) is 0 Å².